The number of aromatic hydroxyl groups is 1. The Hall–Kier alpha value is -2.29. The maximum atomic E-state index is 10.6. The summed E-state index contributed by atoms with van der Waals surface area (Å²) in [6.07, 6.45) is 3.80. The van der Waals surface area contributed by atoms with E-state index in [2.05, 4.69) is 10.2 Å². The highest BCUT2D eigenvalue weighted by atomic mass is 35.5. The average Bonchev–Trinajstić information content (AvgIpc) is 3.15. The van der Waals surface area contributed by atoms with Crippen molar-refractivity contribution in [3.63, 3.8) is 0 Å². The van der Waals surface area contributed by atoms with Gasteiger partial charge in [-0.25, -0.2) is 0 Å². The third-order valence-corrected chi connectivity index (χ3v) is 5.34. The summed E-state index contributed by atoms with van der Waals surface area (Å²) in [5.41, 5.74) is 2.29. The molecule has 26 heavy (non-hydrogen) atoms. The lowest BCUT2D eigenvalue weighted by Gasteiger charge is -2.04. The standard InChI is InChI=1S/C17H14ClN3O3S2/c18-12-5-3-10(4-6-12)15-11(9-19-20-15)8-13-16(24)21(17(25)26-13)7-1-2-14(22)23/h3-6,8-9,24H,1-2,7H2,(H,22,23)/b11-8+. The molecule has 0 amide bonds. The van der Waals surface area contributed by atoms with Crippen molar-refractivity contribution in [1.82, 2.24) is 4.57 Å². The van der Waals surface area contributed by atoms with Gasteiger partial charge in [0.1, 0.15) is 5.71 Å². The molecule has 1 aliphatic heterocycles. The average molecular weight is 408 g/mol. The summed E-state index contributed by atoms with van der Waals surface area (Å²) in [5, 5.41) is 27.9. The Morgan fingerprint density at radius 2 is 2.08 bits per heavy atom. The highest BCUT2D eigenvalue weighted by Gasteiger charge is 2.16. The number of aromatic nitrogens is 1. The monoisotopic (exact) mass is 407 g/mol. The van der Waals surface area contributed by atoms with Crippen LogP contribution in [0, 0.1) is 3.95 Å². The number of carbonyl (C=O) groups is 1. The number of allylic oxidation sites excluding steroid dienone is 1. The van der Waals surface area contributed by atoms with Crippen molar-refractivity contribution in [2.75, 3.05) is 0 Å². The van der Waals surface area contributed by atoms with E-state index < -0.39 is 5.97 Å². The Morgan fingerprint density at radius 3 is 2.77 bits per heavy atom. The molecular weight excluding hydrogens is 394 g/mol. The molecule has 1 aromatic carbocycles. The van der Waals surface area contributed by atoms with E-state index in [1.54, 1.807) is 29.0 Å². The van der Waals surface area contributed by atoms with Crippen molar-refractivity contribution in [3.8, 4) is 5.88 Å². The fourth-order valence-electron chi connectivity index (χ4n) is 2.44. The summed E-state index contributed by atoms with van der Waals surface area (Å²) in [7, 11) is 0. The lowest BCUT2D eigenvalue weighted by Crippen LogP contribution is -2.02. The van der Waals surface area contributed by atoms with Gasteiger partial charge in [0.15, 0.2) is 3.95 Å². The van der Waals surface area contributed by atoms with Crippen LogP contribution in [0.3, 0.4) is 0 Å². The molecule has 1 aromatic heterocycles. The first-order valence-electron chi connectivity index (χ1n) is 7.69. The quantitative estimate of drug-likeness (QED) is 0.696. The van der Waals surface area contributed by atoms with Gasteiger partial charge in [0, 0.05) is 29.1 Å². The van der Waals surface area contributed by atoms with Crippen LogP contribution in [-0.4, -0.2) is 32.7 Å². The molecule has 2 aromatic rings. The summed E-state index contributed by atoms with van der Waals surface area (Å²) >= 11 is 12.5. The van der Waals surface area contributed by atoms with E-state index in [0.717, 1.165) is 11.1 Å². The van der Waals surface area contributed by atoms with Crippen LogP contribution in [0.1, 0.15) is 23.3 Å². The zero-order valence-corrected chi connectivity index (χ0v) is 15.8. The first-order valence-corrected chi connectivity index (χ1v) is 9.29. The number of hydrogen-bond donors (Lipinski definition) is 2. The molecule has 0 bridgehead atoms. The predicted octanol–water partition coefficient (Wildman–Crippen LogP) is 4.37. The van der Waals surface area contributed by atoms with E-state index >= 15 is 0 Å². The van der Waals surface area contributed by atoms with E-state index in [1.807, 2.05) is 12.1 Å². The minimum absolute atomic E-state index is 0.0213. The Bertz CT molecular complexity index is 988. The van der Waals surface area contributed by atoms with Crippen LogP contribution in [0.25, 0.3) is 6.08 Å². The molecule has 2 heterocycles. The third-order valence-electron chi connectivity index (χ3n) is 3.70. The number of rotatable bonds is 6. The molecule has 6 nitrogen and oxygen atoms in total. The molecule has 3 rings (SSSR count). The summed E-state index contributed by atoms with van der Waals surface area (Å²) in [5.74, 6) is -0.854. The zero-order chi connectivity index (χ0) is 18.7. The van der Waals surface area contributed by atoms with Crippen LogP contribution in [0.2, 0.25) is 5.02 Å². The Balaban J connectivity index is 1.86. The molecule has 9 heteroatoms. The Morgan fingerprint density at radius 1 is 1.35 bits per heavy atom. The molecule has 0 radical (unpaired) electrons. The second-order valence-corrected chi connectivity index (χ2v) is 7.62. The summed E-state index contributed by atoms with van der Waals surface area (Å²) in [4.78, 5) is 11.2. The highest BCUT2D eigenvalue weighted by Crippen LogP contribution is 2.30. The first kappa shape index (κ1) is 18.5. The maximum Gasteiger partial charge on any atom is 0.303 e. The molecule has 0 fully saturated rings. The number of carboxylic acids is 1. The molecule has 0 spiro atoms. The van der Waals surface area contributed by atoms with Gasteiger partial charge in [-0.3, -0.25) is 9.36 Å². The van der Waals surface area contributed by atoms with Gasteiger partial charge in [0.05, 0.1) is 11.1 Å². The summed E-state index contributed by atoms with van der Waals surface area (Å²) in [6, 6.07) is 7.25. The fraction of sp³-hybridized carbons (Fsp3) is 0.176. The van der Waals surface area contributed by atoms with E-state index in [4.69, 9.17) is 28.9 Å². The number of halogens is 1. The largest absolute Gasteiger partial charge is 0.493 e. The molecular formula is C17H14ClN3O3S2. The van der Waals surface area contributed by atoms with Crippen LogP contribution < -0.4 is 0 Å². The van der Waals surface area contributed by atoms with Crippen molar-refractivity contribution in [3.05, 3.63) is 49.3 Å². The first-order chi connectivity index (χ1) is 12.5. The fourth-order valence-corrected chi connectivity index (χ4v) is 3.88. The van der Waals surface area contributed by atoms with Gasteiger partial charge in [0.2, 0.25) is 5.88 Å². The van der Waals surface area contributed by atoms with Crippen LogP contribution in [0.4, 0.5) is 0 Å². The topological polar surface area (TPSA) is 87.2 Å². The van der Waals surface area contributed by atoms with E-state index in [9.17, 15) is 9.90 Å². The van der Waals surface area contributed by atoms with Crippen LogP contribution in [-0.2, 0) is 11.3 Å². The van der Waals surface area contributed by atoms with Crippen molar-refractivity contribution < 1.29 is 15.0 Å². The summed E-state index contributed by atoms with van der Waals surface area (Å²) < 4.78 is 2.03. The second-order valence-electron chi connectivity index (χ2n) is 5.50. The number of thiazole rings is 1. The molecule has 0 atom stereocenters. The van der Waals surface area contributed by atoms with Gasteiger partial charge in [-0.2, -0.15) is 5.10 Å². The molecule has 0 saturated heterocycles. The molecule has 134 valence electrons. The maximum absolute atomic E-state index is 10.6. The lowest BCUT2D eigenvalue weighted by molar-refractivity contribution is -0.137. The van der Waals surface area contributed by atoms with Crippen LogP contribution >= 0.6 is 35.2 Å². The number of hydrogen-bond acceptors (Lipinski definition) is 6. The van der Waals surface area contributed by atoms with Gasteiger partial charge >= 0.3 is 5.97 Å². The number of benzene rings is 1. The van der Waals surface area contributed by atoms with Crippen molar-refractivity contribution in [1.29, 1.82) is 0 Å². The van der Waals surface area contributed by atoms with Crippen LogP contribution in [0.5, 0.6) is 5.88 Å². The van der Waals surface area contributed by atoms with Gasteiger partial charge in [-0.1, -0.05) is 23.7 Å². The molecule has 0 unspecified atom stereocenters. The van der Waals surface area contributed by atoms with E-state index in [1.165, 1.54) is 11.3 Å². The van der Waals surface area contributed by atoms with Crippen molar-refractivity contribution >= 4 is 59.1 Å². The lowest BCUT2D eigenvalue weighted by atomic mass is 10.0. The smallest absolute Gasteiger partial charge is 0.303 e. The van der Waals surface area contributed by atoms with E-state index in [0.29, 0.717) is 32.5 Å². The molecule has 0 aliphatic carbocycles. The third kappa shape index (κ3) is 4.09. The van der Waals surface area contributed by atoms with Crippen LogP contribution in [0.15, 0.2) is 40.0 Å². The van der Waals surface area contributed by atoms with Gasteiger partial charge in [-0.15, -0.1) is 16.4 Å². The SMILES string of the molecule is O=C(O)CCCn1c(O)c(/C=C2\C=NN=C2c2ccc(Cl)cc2)sc1=S. The molecule has 0 saturated carbocycles. The number of nitrogens with zero attached hydrogens (tertiary/aromatic N) is 3. The zero-order valence-electron chi connectivity index (χ0n) is 13.4. The Labute approximate surface area is 163 Å². The van der Waals surface area contributed by atoms with Crippen molar-refractivity contribution in [2.24, 2.45) is 10.2 Å². The second kappa shape index (κ2) is 7.94. The van der Waals surface area contributed by atoms with E-state index in [-0.39, 0.29) is 12.3 Å². The van der Waals surface area contributed by atoms with Gasteiger partial charge in [0.25, 0.3) is 0 Å². The van der Waals surface area contributed by atoms with Gasteiger partial charge in [-0.05, 0) is 36.8 Å². The Kier molecular flexibility index (Phi) is 5.65. The molecule has 1 aliphatic rings. The molecule has 2 N–H and O–H groups in total. The normalized spacial score (nSPS) is 14.8. The minimum atomic E-state index is -0.875. The minimum Gasteiger partial charge on any atom is -0.493 e. The number of carboxylic acid groups (broad SMARTS) is 1. The summed E-state index contributed by atoms with van der Waals surface area (Å²) in [6.45, 7) is 0.350. The van der Waals surface area contributed by atoms with Crippen molar-refractivity contribution in [2.45, 2.75) is 19.4 Å². The highest BCUT2D eigenvalue weighted by molar-refractivity contribution is 7.73. The van der Waals surface area contributed by atoms with Gasteiger partial charge < -0.3 is 10.2 Å². The predicted molar refractivity (Wildman–Crippen MR) is 106 cm³/mol. The number of aliphatic carboxylic acids is 1.